The highest BCUT2D eigenvalue weighted by atomic mass is 32.1. The van der Waals surface area contributed by atoms with Crippen molar-refractivity contribution in [2.45, 2.75) is 6.42 Å². The predicted octanol–water partition coefficient (Wildman–Crippen LogP) is 2.19. The Hall–Kier alpha value is -2.08. The number of aromatic nitrogens is 1. The van der Waals surface area contributed by atoms with Crippen LogP contribution in [0.4, 0.5) is 0 Å². The Kier molecular flexibility index (Phi) is 3.56. The van der Waals surface area contributed by atoms with Crippen molar-refractivity contribution in [3.05, 3.63) is 40.3 Å². The van der Waals surface area contributed by atoms with Crippen LogP contribution in [0.5, 0.6) is 11.5 Å². The van der Waals surface area contributed by atoms with Crippen molar-refractivity contribution >= 4 is 17.2 Å². The highest BCUT2D eigenvalue weighted by Crippen LogP contribution is 2.32. The number of thiazole rings is 1. The molecule has 0 aliphatic carbocycles. The Morgan fingerprint density at radius 3 is 3.05 bits per heavy atom. The van der Waals surface area contributed by atoms with E-state index < -0.39 is 0 Å². The monoisotopic (exact) mass is 290 g/mol. The van der Waals surface area contributed by atoms with Crippen molar-refractivity contribution in [3.63, 3.8) is 0 Å². The molecular weight excluding hydrogens is 276 g/mol. The van der Waals surface area contributed by atoms with Gasteiger partial charge in [0.15, 0.2) is 11.5 Å². The molecule has 0 atom stereocenters. The second-order valence-electron chi connectivity index (χ2n) is 4.47. The fraction of sp³-hybridized carbons (Fsp3) is 0.286. The number of amides is 1. The zero-order valence-electron chi connectivity index (χ0n) is 11.0. The van der Waals surface area contributed by atoms with E-state index in [9.17, 15) is 4.79 Å². The largest absolute Gasteiger partial charge is 0.454 e. The Balaban J connectivity index is 1.65. The molecule has 20 heavy (non-hydrogen) atoms. The number of carbonyl (C=O) groups is 1. The number of rotatable bonds is 4. The minimum atomic E-state index is -0.0279. The molecule has 0 bridgehead atoms. The SMILES string of the molecule is CN(CCc1nccs1)C(=O)c1ccc2c(c1)OCO2. The molecule has 2 aromatic rings. The van der Waals surface area contributed by atoms with E-state index in [1.807, 2.05) is 5.38 Å². The second kappa shape index (κ2) is 5.50. The van der Waals surface area contributed by atoms with E-state index >= 15 is 0 Å². The third-order valence-electron chi connectivity index (χ3n) is 3.11. The fourth-order valence-corrected chi connectivity index (χ4v) is 2.60. The van der Waals surface area contributed by atoms with Crippen molar-refractivity contribution in [1.29, 1.82) is 0 Å². The maximum absolute atomic E-state index is 12.3. The van der Waals surface area contributed by atoms with Crippen LogP contribution in [0.1, 0.15) is 15.4 Å². The molecule has 2 heterocycles. The lowest BCUT2D eigenvalue weighted by Gasteiger charge is -2.16. The average Bonchev–Trinajstić information content (AvgIpc) is 3.13. The maximum Gasteiger partial charge on any atom is 0.253 e. The zero-order valence-corrected chi connectivity index (χ0v) is 11.9. The molecule has 104 valence electrons. The van der Waals surface area contributed by atoms with E-state index in [-0.39, 0.29) is 12.7 Å². The molecule has 0 spiro atoms. The van der Waals surface area contributed by atoms with E-state index in [1.165, 1.54) is 0 Å². The van der Waals surface area contributed by atoms with Crippen molar-refractivity contribution in [3.8, 4) is 11.5 Å². The quantitative estimate of drug-likeness (QED) is 0.866. The van der Waals surface area contributed by atoms with Gasteiger partial charge in [0.1, 0.15) is 0 Å². The summed E-state index contributed by atoms with van der Waals surface area (Å²) in [5.41, 5.74) is 0.607. The summed E-state index contributed by atoms with van der Waals surface area (Å²) in [4.78, 5) is 18.2. The lowest BCUT2D eigenvalue weighted by Crippen LogP contribution is -2.28. The standard InChI is InChI=1S/C14H14N2O3S/c1-16(6-4-13-15-5-7-20-13)14(17)10-2-3-11-12(8-10)19-9-18-11/h2-3,5,7-8H,4,6,9H2,1H3. The Bertz CT molecular complexity index is 613. The summed E-state index contributed by atoms with van der Waals surface area (Å²) in [5.74, 6) is 1.29. The number of fused-ring (bicyclic) bond motifs is 1. The second-order valence-corrected chi connectivity index (χ2v) is 5.45. The Morgan fingerprint density at radius 2 is 2.25 bits per heavy atom. The number of hydrogen-bond acceptors (Lipinski definition) is 5. The fourth-order valence-electron chi connectivity index (χ4n) is 1.99. The normalized spacial score (nSPS) is 12.4. The van der Waals surface area contributed by atoms with Gasteiger partial charge in [-0.1, -0.05) is 0 Å². The molecule has 0 N–H and O–H groups in total. The third-order valence-corrected chi connectivity index (χ3v) is 3.95. The lowest BCUT2D eigenvalue weighted by atomic mass is 10.1. The van der Waals surface area contributed by atoms with Gasteiger partial charge in [0.05, 0.1) is 5.01 Å². The molecule has 3 rings (SSSR count). The van der Waals surface area contributed by atoms with Gasteiger partial charge in [-0.05, 0) is 18.2 Å². The number of carbonyl (C=O) groups excluding carboxylic acids is 1. The van der Waals surface area contributed by atoms with Crippen molar-refractivity contribution < 1.29 is 14.3 Å². The highest BCUT2D eigenvalue weighted by Gasteiger charge is 2.18. The van der Waals surface area contributed by atoms with E-state index in [2.05, 4.69) is 4.98 Å². The molecule has 1 amide bonds. The average molecular weight is 290 g/mol. The summed E-state index contributed by atoms with van der Waals surface area (Å²) in [6.07, 6.45) is 2.55. The van der Waals surface area contributed by atoms with Crippen LogP contribution in [-0.4, -0.2) is 36.2 Å². The maximum atomic E-state index is 12.3. The summed E-state index contributed by atoms with van der Waals surface area (Å²) in [6, 6.07) is 5.25. The van der Waals surface area contributed by atoms with Crippen LogP contribution in [0.25, 0.3) is 0 Å². The van der Waals surface area contributed by atoms with Crippen molar-refractivity contribution in [1.82, 2.24) is 9.88 Å². The molecule has 0 saturated heterocycles. The van der Waals surface area contributed by atoms with Gasteiger partial charge in [0.2, 0.25) is 6.79 Å². The molecule has 1 aromatic heterocycles. The van der Waals surface area contributed by atoms with Crippen molar-refractivity contribution in [2.75, 3.05) is 20.4 Å². The van der Waals surface area contributed by atoms with E-state index in [0.29, 0.717) is 23.6 Å². The summed E-state index contributed by atoms with van der Waals surface area (Å²) < 4.78 is 10.5. The number of benzene rings is 1. The molecular formula is C14H14N2O3S. The molecule has 0 unspecified atom stereocenters. The predicted molar refractivity (Wildman–Crippen MR) is 75.3 cm³/mol. The van der Waals surface area contributed by atoms with Gasteiger partial charge in [0, 0.05) is 37.2 Å². The van der Waals surface area contributed by atoms with Crippen LogP contribution in [0.15, 0.2) is 29.8 Å². The topological polar surface area (TPSA) is 51.7 Å². The van der Waals surface area contributed by atoms with Gasteiger partial charge >= 0.3 is 0 Å². The third kappa shape index (κ3) is 2.60. The number of ether oxygens (including phenoxy) is 2. The van der Waals surface area contributed by atoms with E-state index in [1.54, 1.807) is 47.7 Å². The van der Waals surface area contributed by atoms with Crippen LogP contribution in [0.3, 0.4) is 0 Å². The minimum absolute atomic E-state index is 0.0279. The summed E-state index contributed by atoms with van der Waals surface area (Å²) in [7, 11) is 1.79. The molecule has 0 saturated carbocycles. The molecule has 1 aliphatic heterocycles. The van der Waals surface area contributed by atoms with E-state index in [0.717, 1.165) is 11.4 Å². The van der Waals surface area contributed by atoms with Gasteiger partial charge in [-0.2, -0.15) is 0 Å². The van der Waals surface area contributed by atoms with Gasteiger partial charge < -0.3 is 14.4 Å². The summed E-state index contributed by atoms with van der Waals surface area (Å²) >= 11 is 1.60. The van der Waals surface area contributed by atoms with Gasteiger partial charge in [-0.25, -0.2) is 4.98 Å². The van der Waals surface area contributed by atoms with Gasteiger partial charge in [0.25, 0.3) is 5.91 Å². The first-order valence-electron chi connectivity index (χ1n) is 6.27. The molecule has 1 aliphatic rings. The Labute approximate surface area is 120 Å². The zero-order chi connectivity index (χ0) is 13.9. The first-order chi connectivity index (χ1) is 9.74. The van der Waals surface area contributed by atoms with Crippen LogP contribution >= 0.6 is 11.3 Å². The van der Waals surface area contributed by atoms with Gasteiger partial charge in [-0.15, -0.1) is 11.3 Å². The van der Waals surface area contributed by atoms with Gasteiger partial charge in [-0.3, -0.25) is 4.79 Å². The number of nitrogens with zero attached hydrogens (tertiary/aromatic N) is 2. The lowest BCUT2D eigenvalue weighted by molar-refractivity contribution is 0.0796. The number of hydrogen-bond donors (Lipinski definition) is 0. The first kappa shape index (κ1) is 12.9. The number of likely N-dealkylation sites (N-methyl/N-ethyl adjacent to an activating group) is 1. The molecule has 5 nitrogen and oxygen atoms in total. The molecule has 1 aromatic carbocycles. The summed E-state index contributed by atoms with van der Waals surface area (Å²) in [6.45, 7) is 0.855. The van der Waals surface area contributed by atoms with Crippen LogP contribution in [0.2, 0.25) is 0 Å². The smallest absolute Gasteiger partial charge is 0.253 e. The minimum Gasteiger partial charge on any atom is -0.454 e. The summed E-state index contributed by atoms with van der Waals surface area (Å²) in [5, 5.41) is 2.98. The van der Waals surface area contributed by atoms with Crippen LogP contribution in [-0.2, 0) is 6.42 Å². The van der Waals surface area contributed by atoms with Crippen molar-refractivity contribution in [2.24, 2.45) is 0 Å². The van der Waals surface area contributed by atoms with Crippen LogP contribution in [0, 0.1) is 0 Å². The molecule has 6 heteroatoms. The highest BCUT2D eigenvalue weighted by molar-refractivity contribution is 7.09. The molecule has 0 radical (unpaired) electrons. The first-order valence-corrected chi connectivity index (χ1v) is 7.15. The van der Waals surface area contributed by atoms with Crippen LogP contribution < -0.4 is 9.47 Å². The molecule has 0 fully saturated rings. The van der Waals surface area contributed by atoms with E-state index in [4.69, 9.17) is 9.47 Å². The Morgan fingerprint density at radius 1 is 1.40 bits per heavy atom.